The number of esters is 4. The molecule has 0 aromatic heterocycles. The molecule has 4 aromatic rings. The number of benzene rings is 4. The highest BCUT2D eigenvalue weighted by Crippen LogP contribution is 2.27. The van der Waals surface area contributed by atoms with Crippen molar-refractivity contribution in [1.29, 1.82) is 0 Å². The molecule has 16 heteroatoms. The lowest BCUT2D eigenvalue weighted by Crippen LogP contribution is -2.45. The molecule has 0 bridgehead atoms. The molecule has 0 aliphatic heterocycles. The summed E-state index contributed by atoms with van der Waals surface area (Å²) in [5.41, 5.74) is 0.0967. The number of carbonyl (C=O) groups is 8. The third-order valence-electron chi connectivity index (χ3n) is 13.1. The first-order chi connectivity index (χ1) is 38.8. The second kappa shape index (κ2) is 45.4. The van der Waals surface area contributed by atoms with Crippen molar-refractivity contribution in [3.8, 4) is 0 Å². The molecule has 0 fully saturated rings. The van der Waals surface area contributed by atoms with Crippen molar-refractivity contribution < 1.29 is 77.7 Å². The summed E-state index contributed by atoms with van der Waals surface area (Å²) in [4.78, 5) is 93.7. The van der Waals surface area contributed by atoms with Gasteiger partial charge >= 0.3 is 47.8 Å². The zero-order chi connectivity index (χ0) is 60.9. The third kappa shape index (κ3) is 33.1. The van der Waals surface area contributed by atoms with Gasteiger partial charge in [0.15, 0.2) is 0 Å². The number of aromatic carboxylic acids is 4. The van der Waals surface area contributed by atoms with Gasteiger partial charge in [-0.2, -0.15) is 0 Å². The molecular weight excluding hydrogens is 1040 g/mol. The van der Waals surface area contributed by atoms with Gasteiger partial charge in [-0.3, -0.25) is 19.2 Å². The van der Waals surface area contributed by atoms with Gasteiger partial charge in [-0.05, 0) is 99.9 Å². The lowest BCUT2D eigenvalue weighted by molar-refractivity contribution is -0.176. The Labute approximate surface area is 481 Å². The van der Waals surface area contributed by atoms with Crippen LogP contribution in [0.3, 0.4) is 0 Å². The van der Waals surface area contributed by atoms with Crippen LogP contribution in [0.5, 0.6) is 0 Å². The summed E-state index contributed by atoms with van der Waals surface area (Å²) >= 11 is 0. The number of carboxylic acids is 4. The standard InChI is InChI=1S/C37H68O8.4C7H6O2/c1-9-17-21-29(13-5)33(38)42-25-37(26-43-34(39)30(14-6)22-18-10-2,27-44-35(40)31(15-7)23-19-11-3)28-45-36(41)32(16-8)24-20-12-4;4*8-7(9)6-4-2-1-3-5-6/h29-32H,9-28H2,1-8H3;4*1-5H,(H,8,9). The number of hydrogen-bond acceptors (Lipinski definition) is 12. The van der Waals surface area contributed by atoms with Crippen molar-refractivity contribution in [3.63, 3.8) is 0 Å². The zero-order valence-corrected chi connectivity index (χ0v) is 49.2. The van der Waals surface area contributed by atoms with Crippen molar-refractivity contribution in [3.05, 3.63) is 144 Å². The number of carboxylic acid groups (broad SMARTS) is 4. The molecule has 448 valence electrons. The molecule has 0 saturated heterocycles. The van der Waals surface area contributed by atoms with Crippen LogP contribution in [0.1, 0.15) is 200 Å². The van der Waals surface area contributed by atoms with E-state index in [2.05, 4.69) is 27.7 Å². The normalized spacial score (nSPS) is 12.4. The second-order valence-electron chi connectivity index (χ2n) is 19.6. The van der Waals surface area contributed by atoms with Gasteiger partial charge < -0.3 is 39.4 Å². The number of rotatable bonds is 32. The van der Waals surface area contributed by atoms with Gasteiger partial charge in [-0.15, -0.1) is 0 Å². The molecule has 0 radical (unpaired) electrons. The summed E-state index contributed by atoms with van der Waals surface area (Å²) in [7, 11) is 0. The monoisotopic (exact) mass is 1130 g/mol. The first kappa shape index (κ1) is 73.6. The van der Waals surface area contributed by atoms with E-state index >= 15 is 0 Å². The number of unbranched alkanes of at least 4 members (excludes halogenated alkanes) is 4. The molecule has 0 aliphatic rings. The minimum atomic E-state index is -1.23. The van der Waals surface area contributed by atoms with Gasteiger partial charge in [-0.1, -0.05) is 180 Å². The van der Waals surface area contributed by atoms with Crippen LogP contribution in [0.15, 0.2) is 121 Å². The summed E-state index contributed by atoms with van der Waals surface area (Å²) < 4.78 is 23.6. The molecule has 4 N–H and O–H groups in total. The number of carbonyl (C=O) groups excluding carboxylic acids is 4. The van der Waals surface area contributed by atoms with E-state index in [4.69, 9.17) is 39.4 Å². The molecule has 0 spiro atoms. The van der Waals surface area contributed by atoms with E-state index in [0.29, 0.717) is 47.9 Å². The molecule has 0 saturated carbocycles. The van der Waals surface area contributed by atoms with E-state index in [9.17, 15) is 38.4 Å². The van der Waals surface area contributed by atoms with Crippen LogP contribution >= 0.6 is 0 Å². The summed E-state index contributed by atoms with van der Waals surface area (Å²) in [5.74, 6) is -5.89. The van der Waals surface area contributed by atoms with Crippen LogP contribution in [0.4, 0.5) is 0 Å². The molecule has 4 unspecified atom stereocenters. The van der Waals surface area contributed by atoms with E-state index in [1.165, 1.54) is 0 Å². The Kier molecular flexibility index (Phi) is 41.3. The van der Waals surface area contributed by atoms with E-state index in [1.54, 1.807) is 121 Å². The van der Waals surface area contributed by atoms with Crippen molar-refractivity contribution >= 4 is 47.8 Å². The molecule has 0 heterocycles. The maximum atomic E-state index is 13.2. The van der Waals surface area contributed by atoms with Crippen molar-refractivity contribution in [2.75, 3.05) is 26.4 Å². The quantitative estimate of drug-likeness (QED) is 0.0262. The fraction of sp³-hybridized carbons (Fsp3) is 0.508. The van der Waals surface area contributed by atoms with Crippen molar-refractivity contribution in [2.45, 2.75) is 158 Å². The fourth-order valence-corrected chi connectivity index (χ4v) is 7.70. The van der Waals surface area contributed by atoms with Gasteiger partial charge in [0.1, 0.15) is 31.8 Å². The van der Waals surface area contributed by atoms with Crippen molar-refractivity contribution in [2.24, 2.45) is 29.1 Å². The average Bonchev–Trinajstić information content (AvgIpc) is 3.49. The summed E-state index contributed by atoms with van der Waals surface area (Å²) in [6, 6.07) is 33.2. The molecule has 0 aliphatic carbocycles. The highest BCUT2D eigenvalue weighted by Gasteiger charge is 2.40. The summed E-state index contributed by atoms with van der Waals surface area (Å²) in [5, 5.41) is 33.5. The second-order valence-corrected chi connectivity index (χ2v) is 19.6. The number of hydrogen-bond donors (Lipinski definition) is 4. The van der Waals surface area contributed by atoms with Gasteiger partial charge in [0.05, 0.1) is 45.9 Å². The molecule has 4 atom stereocenters. The van der Waals surface area contributed by atoms with E-state index in [-0.39, 0.29) is 74.0 Å². The summed E-state index contributed by atoms with van der Waals surface area (Å²) in [6.45, 7) is 15.4. The minimum Gasteiger partial charge on any atom is -0.478 e. The SMILES string of the molecule is CCCCC(CC)C(=O)OCC(COC(=O)C(CC)CCCC)(COC(=O)C(CC)CCCC)COC(=O)C(CC)CCCC.O=C(O)c1ccccc1.O=C(O)c1ccccc1.O=C(O)c1ccccc1.O=C(O)c1ccccc1. The van der Waals surface area contributed by atoms with E-state index < -0.39 is 29.3 Å². The van der Waals surface area contributed by atoms with Crippen LogP contribution in [-0.2, 0) is 38.1 Å². The van der Waals surface area contributed by atoms with Gasteiger partial charge in [0.2, 0.25) is 0 Å². The molecule has 16 nitrogen and oxygen atoms in total. The van der Waals surface area contributed by atoms with Crippen LogP contribution in [0, 0.1) is 29.1 Å². The third-order valence-corrected chi connectivity index (χ3v) is 13.1. The fourth-order valence-electron chi connectivity index (χ4n) is 7.70. The Bertz CT molecular complexity index is 2010. The van der Waals surface area contributed by atoms with E-state index in [1.807, 2.05) is 27.7 Å². The highest BCUT2D eigenvalue weighted by molar-refractivity contribution is 5.88. The van der Waals surface area contributed by atoms with Crippen LogP contribution in [0.2, 0.25) is 0 Å². The molecule has 81 heavy (non-hydrogen) atoms. The van der Waals surface area contributed by atoms with Gasteiger partial charge in [0.25, 0.3) is 0 Å². The van der Waals surface area contributed by atoms with Crippen LogP contribution in [0.25, 0.3) is 0 Å². The first-order valence-corrected chi connectivity index (χ1v) is 28.6. The first-order valence-electron chi connectivity index (χ1n) is 28.6. The van der Waals surface area contributed by atoms with Gasteiger partial charge in [-0.25, -0.2) is 19.2 Å². The Morgan fingerprint density at radius 3 is 0.617 bits per heavy atom. The average molecular weight is 1130 g/mol. The van der Waals surface area contributed by atoms with E-state index in [0.717, 1.165) is 77.0 Å². The maximum absolute atomic E-state index is 13.2. The Morgan fingerprint density at radius 2 is 0.494 bits per heavy atom. The Hall–Kier alpha value is -7.36. The van der Waals surface area contributed by atoms with Crippen molar-refractivity contribution in [1.82, 2.24) is 0 Å². The topological polar surface area (TPSA) is 254 Å². The van der Waals surface area contributed by atoms with Gasteiger partial charge in [0, 0.05) is 0 Å². The lowest BCUT2D eigenvalue weighted by atomic mass is 9.91. The minimum absolute atomic E-state index is 0.189. The number of ether oxygens (including phenoxy) is 4. The predicted octanol–water partition coefficient (Wildman–Crippen LogP) is 14.6. The Balaban J connectivity index is 0.00000138. The maximum Gasteiger partial charge on any atom is 0.335 e. The molecule has 0 amide bonds. The predicted molar refractivity (Wildman–Crippen MR) is 313 cm³/mol. The highest BCUT2D eigenvalue weighted by atomic mass is 16.6. The zero-order valence-electron chi connectivity index (χ0n) is 49.2. The molecular formula is C65H92O16. The Morgan fingerprint density at radius 1 is 0.321 bits per heavy atom. The lowest BCUT2D eigenvalue weighted by Gasteiger charge is -2.33. The van der Waals surface area contributed by atoms with Crippen LogP contribution < -0.4 is 0 Å². The molecule has 4 rings (SSSR count). The summed E-state index contributed by atoms with van der Waals surface area (Å²) in [6.07, 6.45) is 13.0. The molecule has 4 aromatic carbocycles. The van der Waals surface area contributed by atoms with Crippen LogP contribution in [-0.4, -0.2) is 94.6 Å². The smallest absolute Gasteiger partial charge is 0.335 e. The largest absolute Gasteiger partial charge is 0.478 e.